The van der Waals surface area contributed by atoms with Crippen molar-refractivity contribution in [3.05, 3.63) is 59.2 Å². The lowest BCUT2D eigenvalue weighted by Gasteiger charge is -2.23. The topological polar surface area (TPSA) is 54.0 Å². The van der Waals surface area contributed by atoms with E-state index in [-0.39, 0.29) is 6.61 Å². The second kappa shape index (κ2) is 11.9. The van der Waals surface area contributed by atoms with Gasteiger partial charge in [-0.3, -0.25) is 0 Å². The Morgan fingerprint density at radius 1 is 1.00 bits per heavy atom. The van der Waals surface area contributed by atoms with Gasteiger partial charge >= 0.3 is 0 Å². The second-order valence-corrected chi connectivity index (χ2v) is 8.19. The van der Waals surface area contributed by atoms with Crippen LogP contribution in [0.2, 0.25) is 0 Å². The molecule has 164 valence electrons. The van der Waals surface area contributed by atoms with Crippen molar-refractivity contribution in [2.45, 2.75) is 51.8 Å². The molecule has 0 bridgehead atoms. The smallest absolute Gasteiger partial charge is 0.161 e. The van der Waals surface area contributed by atoms with E-state index in [1.54, 1.807) is 7.11 Å². The molecule has 0 amide bonds. The van der Waals surface area contributed by atoms with Crippen molar-refractivity contribution in [3.63, 3.8) is 0 Å². The molecule has 5 heteroatoms. The third-order valence-electron chi connectivity index (χ3n) is 5.73. The monoisotopic (exact) mass is 412 g/mol. The first kappa shape index (κ1) is 22.6. The summed E-state index contributed by atoms with van der Waals surface area (Å²) < 4.78 is 11.4. The first-order valence-electron chi connectivity index (χ1n) is 11.1. The Labute approximate surface area is 181 Å². The zero-order chi connectivity index (χ0) is 21.2. The number of ether oxygens (including phenoxy) is 2. The molecule has 2 N–H and O–H groups in total. The molecule has 30 heavy (non-hydrogen) atoms. The van der Waals surface area contributed by atoms with Crippen LogP contribution in [0, 0.1) is 6.92 Å². The molecular weight excluding hydrogens is 376 g/mol. The molecule has 5 nitrogen and oxygen atoms in total. The van der Waals surface area contributed by atoms with Crippen molar-refractivity contribution in [1.29, 1.82) is 0 Å². The largest absolute Gasteiger partial charge is 0.493 e. The Morgan fingerprint density at radius 2 is 1.77 bits per heavy atom. The van der Waals surface area contributed by atoms with Crippen LogP contribution in [0.5, 0.6) is 11.5 Å². The number of benzene rings is 2. The molecule has 2 aromatic rings. The van der Waals surface area contributed by atoms with Gasteiger partial charge in [0.1, 0.15) is 12.7 Å². The first-order valence-corrected chi connectivity index (χ1v) is 11.1. The molecule has 1 aliphatic heterocycles. The average Bonchev–Trinajstić information content (AvgIpc) is 3.02. The van der Waals surface area contributed by atoms with Gasteiger partial charge in [-0.05, 0) is 61.7 Å². The summed E-state index contributed by atoms with van der Waals surface area (Å²) in [4.78, 5) is 2.35. The number of aliphatic hydroxyl groups excluding tert-OH is 1. The lowest BCUT2D eigenvalue weighted by Crippen LogP contribution is -2.36. The molecule has 0 unspecified atom stereocenters. The number of nitrogens with one attached hydrogen (secondary N) is 1. The fourth-order valence-electron chi connectivity index (χ4n) is 3.95. The molecule has 1 aliphatic rings. The molecular formula is C25H36N2O3. The van der Waals surface area contributed by atoms with Crippen molar-refractivity contribution in [2.75, 3.05) is 33.4 Å². The van der Waals surface area contributed by atoms with E-state index < -0.39 is 6.10 Å². The summed E-state index contributed by atoms with van der Waals surface area (Å²) in [6, 6.07) is 14.4. The number of methoxy groups -OCH3 is 1. The maximum absolute atomic E-state index is 10.4. The van der Waals surface area contributed by atoms with E-state index in [9.17, 15) is 5.11 Å². The number of hydrogen-bond donors (Lipinski definition) is 2. The van der Waals surface area contributed by atoms with Gasteiger partial charge in [-0.15, -0.1) is 0 Å². The highest BCUT2D eigenvalue weighted by atomic mass is 16.5. The van der Waals surface area contributed by atoms with Gasteiger partial charge in [0.2, 0.25) is 0 Å². The van der Waals surface area contributed by atoms with Crippen LogP contribution in [0.1, 0.15) is 42.4 Å². The Kier molecular flexibility index (Phi) is 9.00. The summed E-state index contributed by atoms with van der Waals surface area (Å²) in [6.07, 6.45) is 4.55. The number of aliphatic hydroxyl groups is 1. The predicted molar refractivity (Wildman–Crippen MR) is 121 cm³/mol. The lowest BCUT2D eigenvalue weighted by atomic mass is 10.1. The maximum atomic E-state index is 10.4. The molecule has 0 aromatic heterocycles. The fourth-order valence-corrected chi connectivity index (χ4v) is 3.95. The summed E-state index contributed by atoms with van der Waals surface area (Å²) in [5.41, 5.74) is 3.74. The zero-order valence-corrected chi connectivity index (χ0v) is 18.4. The molecule has 3 rings (SSSR count). The van der Waals surface area contributed by atoms with Crippen LogP contribution in [0.15, 0.2) is 42.5 Å². The average molecular weight is 413 g/mol. The van der Waals surface area contributed by atoms with Crippen molar-refractivity contribution in [3.8, 4) is 11.5 Å². The third kappa shape index (κ3) is 7.01. The van der Waals surface area contributed by atoms with Crippen LogP contribution in [0.4, 0.5) is 0 Å². The van der Waals surface area contributed by atoms with E-state index in [1.165, 1.54) is 36.8 Å². The quantitative estimate of drug-likeness (QED) is 0.620. The van der Waals surface area contributed by atoms with Gasteiger partial charge in [0, 0.05) is 19.6 Å². The summed E-state index contributed by atoms with van der Waals surface area (Å²) in [5, 5.41) is 13.9. The van der Waals surface area contributed by atoms with Crippen LogP contribution >= 0.6 is 0 Å². The Bertz CT molecular complexity index is 773. The molecule has 1 fully saturated rings. The summed E-state index contributed by atoms with van der Waals surface area (Å²) >= 11 is 0. The number of β-amino-alcohol motifs (C(OH)–C–C–N with tert-alkyl or cyclic N) is 1. The third-order valence-corrected chi connectivity index (χ3v) is 5.73. The minimum Gasteiger partial charge on any atom is -0.493 e. The summed E-state index contributed by atoms with van der Waals surface area (Å²) in [5.74, 6) is 1.38. The lowest BCUT2D eigenvalue weighted by molar-refractivity contribution is 0.0683. The van der Waals surface area contributed by atoms with Crippen molar-refractivity contribution in [2.24, 2.45) is 0 Å². The van der Waals surface area contributed by atoms with Crippen LogP contribution in [0.3, 0.4) is 0 Å². The van der Waals surface area contributed by atoms with Gasteiger partial charge in [0.25, 0.3) is 0 Å². The van der Waals surface area contributed by atoms with Crippen molar-refractivity contribution < 1.29 is 14.6 Å². The molecule has 2 aromatic carbocycles. The highest BCUT2D eigenvalue weighted by Gasteiger charge is 2.15. The number of likely N-dealkylation sites (tertiary alicyclic amines) is 1. The van der Waals surface area contributed by atoms with Gasteiger partial charge < -0.3 is 24.8 Å². The van der Waals surface area contributed by atoms with Gasteiger partial charge in [0.15, 0.2) is 11.5 Å². The Balaban J connectivity index is 1.47. The number of nitrogens with zero attached hydrogens (tertiary/aromatic N) is 1. The first-order chi connectivity index (χ1) is 14.7. The van der Waals surface area contributed by atoms with Crippen molar-refractivity contribution >= 4 is 0 Å². The van der Waals surface area contributed by atoms with E-state index in [4.69, 9.17) is 9.47 Å². The fraction of sp³-hybridized carbons (Fsp3) is 0.520. The SMILES string of the molecule is COc1cc(CNCc2ccccc2C)ccc1OC[C@H](O)CN1CCCCCC1. The summed E-state index contributed by atoms with van der Waals surface area (Å²) in [7, 11) is 1.65. The van der Waals surface area contributed by atoms with Crippen LogP contribution in [-0.4, -0.2) is 49.5 Å². The predicted octanol–water partition coefficient (Wildman–Crippen LogP) is 3.91. The van der Waals surface area contributed by atoms with E-state index in [0.29, 0.717) is 18.0 Å². The van der Waals surface area contributed by atoms with Crippen LogP contribution in [-0.2, 0) is 13.1 Å². The van der Waals surface area contributed by atoms with Crippen LogP contribution in [0.25, 0.3) is 0 Å². The van der Waals surface area contributed by atoms with Gasteiger partial charge in [-0.25, -0.2) is 0 Å². The molecule has 0 saturated carbocycles. The van der Waals surface area contributed by atoms with E-state index >= 15 is 0 Å². The Morgan fingerprint density at radius 3 is 2.50 bits per heavy atom. The molecule has 0 spiro atoms. The van der Waals surface area contributed by atoms with Gasteiger partial charge in [-0.1, -0.05) is 43.2 Å². The Hall–Kier alpha value is -2.08. The highest BCUT2D eigenvalue weighted by molar-refractivity contribution is 5.43. The van der Waals surface area contributed by atoms with E-state index in [2.05, 4.69) is 41.4 Å². The minimum absolute atomic E-state index is 0.276. The van der Waals surface area contributed by atoms with E-state index in [1.807, 2.05) is 18.2 Å². The number of rotatable bonds is 10. The van der Waals surface area contributed by atoms with E-state index in [0.717, 1.165) is 31.7 Å². The normalized spacial score (nSPS) is 16.1. The van der Waals surface area contributed by atoms with Crippen LogP contribution < -0.4 is 14.8 Å². The molecule has 1 saturated heterocycles. The standard InChI is InChI=1S/C25H36N2O3/c1-20-9-5-6-10-22(20)17-26-16-21-11-12-24(25(15-21)29-2)30-19-23(28)18-27-13-7-3-4-8-14-27/h5-6,9-12,15,23,26,28H,3-4,7-8,13-14,16-19H2,1-2H3/t23-/m1/s1. The molecule has 0 aliphatic carbocycles. The number of hydrogen-bond acceptors (Lipinski definition) is 5. The molecule has 1 atom stereocenters. The number of aryl methyl sites for hydroxylation is 1. The zero-order valence-electron chi connectivity index (χ0n) is 18.4. The van der Waals surface area contributed by atoms with Crippen molar-refractivity contribution in [1.82, 2.24) is 10.2 Å². The second-order valence-electron chi connectivity index (χ2n) is 8.19. The maximum Gasteiger partial charge on any atom is 0.161 e. The van der Waals surface area contributed by atoms with Gasteiger partial charge in [-0.2, -0.15) is 0 Å². The van der Waals surface area contributed by atoms with Gasteiger partial charge in [0.05, 0.1) is 7.11 Å². The highest BCUT2D eigenvalue weighted by Crippen LogP contribution is 2.28. The minimum atomic E-state index is -0.497. The molecule has 0 radical (unpaired) electrons. The summed E-state index contributed by atoms with van der Waals surface area (Å²) in [6.45, 7) is 6.81. The molecule has 1 heterocycles.